The van der Waals surface area contributed by atoms with Crippen LogP contribution in [0.2, 0.25) is 0 Å². The smallest absolute Gasteiger partial charge is 0.279 e. The summed E-state index contributed by atoms with van der Waals surface area (Å²) in [6.07, 6.45) is 6.14. The lowest BCUT2D eigenvalue weighted by Crippen LogP contribution is -2.24. The lowest BCUT2D eigenvalue weighted by molar-refractivity contribution is 0.429. The number of fused-ring (bicyclic) bond motifs is 2. The van der Waals surface area contributed by atoms with Crippen LogP contribution in [0.15, 0.2) is 10.7 Å². The standard InChI is InChI=1S/C19H22N6O.2ClH/c1-10-3-4-15-14(7-10)17(24-23-15)19-22-18(25-26-19)16-11(2)21-9-12-8-20-6-5-13(12)16;;/h9-10,20H,3-8H2,1-2H3,(H,23,24);2*1H. The number of aromatic amines is 1. The van der Waals surface area contributed by atoms with E-state index in [4.69, 9.17) is 9.51 Å². The molecule has 1 unspecified atom stereocenters. The third-order valence-corrected chi connectivity index (χ3v) is 5.58. The summed E-state index contributed by atoms with van der Waals surface area (Å²) >= 11 is 0. The van der Waals surface area contributed by atoms with Crippen molar-refractivity contribution in [2.75, 3.05) is 6.54 Å². The second kappa shape index (κ2) is 8.19. The zero-order valence-corrected chi connectivity index (χ0v) is 17.5. The Morgan fingerprint density at radius 3 is 2.89 bits per heavy atom. The summed E-state index contributed by atoms with van der Waals surface area (Å²) in [6.45, 7) is 6.08. The van der Waals surface area contributed by atoms with Gasteiger partial charge in [0.25, 0.3) is 5.89 Å². The number of halogens is 2. The number of hydrogen-bond donors (Lipinski definition) is 2. The molecule has 1 atom stereocenters. The first-order valence-corrected chi connectivity index (χ1v) is 9.29. The average Bonchev–Trinajstić information content (AvgIpc) is 3.28. The number of aryl methyl sites for hydroxylation is 2. The summed E-state index contributed by atoms with van der Waals surface area (Å²) in [5.74, 6) is 1.77. The van der Waals surface area contributed by atoms with Crippen LogP contribution in [0.4, 0.5) is 0 Å². The fourth-order valence-corrected chi connectivity index (χ4v) is 4.13. The van der Waals surface area contributed by atoms with E-state index in [1.54, 1.807) is 0 Å². The zero-order valence-electron chi connectivity index (χ0n) is 15.9. The van der Waals surface area contributed by atoms with E-state index in [0.29, 0.717) is 17.6 Å². The molecule has 0 radical (unpaired) electrons. The molecule has 0 aromatic carbocycles. The molecule has 0 amide bonds. The van der Waals surface area contributed by atoms with Crippen LogP contribution in [0.5, 0.6) is 0 Å². The third kappa shape index (κ3) is 3.43. The maximum atomic E-state index is 5.62. The quantitative estimate of drug-likeness (QED) is 0.656. The maximum Gasteiger partial charge on any atom is 0.279 e. The van der Waals surface area contributed by atoms with Crippen molar-refractivity contribution in [3.05, 3.63) is 34.3 Å². The Hall–Kier alpha value is -1.96. The van der Waals surface area contributed by atoms with Crippen LogP contribution in [0.3, 0.4) is 0 Å². The first-order chi connectivity index (χ1) is 12.7. The monoisotopic (exact) mass is 422 g/mol. The number of nitrogens with zero attached hydrogens (tertiary/aromatic N) is 4. The third-order valence-electron chi connectivity index (χ3n) is 5.58. The van der Waals surface area contributed by atoms with Crippen molar-refractivity contribution in [2.45, 2.75) is 46.1 Å². The first kappa shape index (κ1) is 20.8. The number of rotatable bonds is 2. The predicted molar refractivity (Wildman–Crippen MR) is 111 cm³/mol. The lowest BCUT2D eigenvalue weighted by Gasteiger charge is -2.19. The van der Waals surface area contributed by atoms with E-state index in [1.807, 2.05) is 13.1 Å². The van der Waals surface area contributed by atoms with E-state index in [9.17, 15) is 0 Å². The molecular formula is C19H24Cl2N6O. The van der Waals surface area contributed by atoms with Crippen LogP contribution in [0.25, 0.3) is 23.0 Å². The van der Waals surface area contributed by atoms with Gasteiger partial charge in [-0.2, -0.15) is 10.1 Å². The molecule has 9 heteroatoms. The minimum Gasteiger partial charge on any atom is -0.332 e. The van der Waals surface area contributed by atoms with E-state index in [1.165, 1.54) is 28.8 Å². The molecule has 0 spiro atoms. The number of hydrogen-bond acceptors (Lipinski definition) is 6. The molecule has 7 nitrogen and oxygen atoms in total. The molecule has 0 bridgehead atoms. The van der Waals surface area contributed by atoms with Crippen molar-refractivity contribution >= 4 is 24.8 Å². The minimum atomic E-state index is 0. The zero-order chi connectivity index (χ0) is 17.7. The van der Waals surface area contributed by atoms with Crippen LogP contribution in [0, 0.1) is 12.8 Å². The van der Waals surface area contributed by atoms with Gasteiger partial charge in [-0.3, -0.25) is 10.1 Å². The fourth-order valence-electron chi connectivity index (χ4n) is 4.13. The van der Waals surface area contributed by atoms with E-state index in [2.05, 4.69) is 32.6 Å². The molecule has 2 N–H and O–H groups in total. The number of pyridine rings is 1. The van der Waals surface area contributed by atoms with Gasteiger partial charge >= 0.3 is 0 Å². The number of aromatic nitrogens is 5. The summed E-state index contributed by atoms with van der Waals surface area (Å²) in [6, 6.07) is 0. The molecule has 28 heavy (non-hydrogen) atoms. The van der Waals surface area contributed by atoms with Gasteiger partial charge in [0.05, 0.1) is 0 Å². The minimum absolute atomic E-state index is 0. The second-order valence-corrected chi connectivity index (χ2v) is 7.45. The van der Waals surface area contributed by atoms with Gasteiger partial charge in [0.2, 0.25) is 5.82 Å². The molecule has 150 valence electrons. The predicted octanol–water partition coefficient (Wildman–Crippen LogP) is 3.44. The summed E-state index contributed by atoms with van der Waals surface area (Å²) in [5.41, 5.74) is 7.69. The van der Waals surface area contributed by atoms with Crippen molar-refractivity contribution in [3.8, 4) is 23.0 Å². The SMILES string of the molecule is Cc1ncc2c(c1-c1noc(-c3n[nH]c4c3CC(C)CC4)n1)CCNC2.Cl.Cl. The molecule has 0 saturated carbocycles. The summed E-state index contributed by atoms with van der Waals surface area (Å²) in [7, 11) is 0. The molecule has 3 aromatic heterocycles. The summed E-state index contributed by atoms with van der Waals surface area (Å²) < 4.78 is 5.62. The molecule has 5 rings (SSSR count). The first-order valence-electron chi connectivity index (χ1n) is 9.29. The van der Waals surface area contributed by atoms with Gasteiger partial charge in [0.1, 0.15) is 0 Å². The van der Waals surface area contributed by atoms with Crippen molar-refractivity contribution < 1.29 is 4.52 Å². The van der Waals surface area contributed by atoms with Crippen molar-refractivity contribution in [2.24, 2.45) is 5.92 Å². The van der Waals surface area contributed by atoms with Gasteiger partial charge in [-0.1, -0.05) is 12.1 Å². The average molecular weight is 423 g/mol. The molecule has 3 aromatic rings. The normalized spacial score (nSPS) is 17.9. The van der Waals surface area contributed by atoms with Crippen LogP contribution in [0.1, 0.15) is 41.4 Å². The highest BCUT2D eigenvalue weighted by molar-refractivity contribution is 5.85. The van der Waals surface area contributed by atoms with Gasteiger partial charge < -0.3 is 9.84 Å². The van der Waals surface area contributed by atoms with Crippen LogP contribution >= 0.6 is 24.8 Å². The molecule has 1 aliphatic heterocycles. The maximum absolute atomic E-state index is 5.62. The number of H-pyrrole nitrogens is 1. The van der Waals surface area contributed by atoms with Crippen molar-refractivity contribution in [1.29, 1.82) is 0 Å². The Kier molecular flexibility index (Phi) is 6.07. The molecule has 2 aliphatic rings. The van der Waals surface area contributed by atoms with Crippen molar-refractivity contribution in [3.63, 3.8) is 0 Å². The Labute approximate surface area is 175 Å². The highest BCUT2D eigenvalue weighted by Gasteiger charge is 2.26. The molecule has 1 aliphatic carbocycles. The highest BCUT2D eigenvalue weighted by atomic mass is 35.5. The summed E-state index contributed by atoms with van der Waals surface area (Å²) in [5, 5.41) is 15.3. The van der Waals surface area contributed by atoms with Gasteiger partial charge in [0.15, 0.2) is 5.69 Å². The molecule has 0 fully saturated rings. The van der Waals surface area contributed by atoms with Gasteiger partial charge in [-0.15, -0.1) is 24.8 Å². The second-order valence-electron chi connectivity index (χ2n) is 7.45. The van der Waals surface area contributed by atoms with Crippen LogP contribution < -0.4 is 5.32 Å². The van der Waals surface area contributed by atoms with Gasteiger partial charge in [0, 0.05) is 35.3 Å². The van der Waals surface area contributed by atoms with Crippen molar-refractivity contribution in [1.82, 2.24) is 30.6 Å². The van der Waals surface area contributed by atoms with Gasteiger partial charge in [-0.25, -0.2) is 0 Å². The Morgan fingerprint density at radius 2 is 2.04 bits per heavy atom. The summed E-state index contributed by atoms with van der Waals surface area (Å²) in [4.78, 5) is 9.24. The Balaban J connectivity index is 0.00000112. The van der Waals surface area contributed by atoms with Crippen LogP contribution in [-0.4, -0.2) is 31.9 Å². The largest absolute Gasteiger partial charge is 0.332 e. The highest BCUT2D eigenvalue weighted by Crippen LogP contribution is 2.33. The topological polar surface area (TPSA) is 92.5 Å². The Bertz CT molecular complexity index is 983. The fraction of sp³-hybridized carbons (Fsp3) is 0.474. The lowest BCUT2D eigenvalue weighted by atomic mass is 9.88. The molecular weight excluding hydrogens is 399 g/mol. The van der Waals surface area contributed by atoms with E-state index >= 15 is 0 Å². The van der Waals surface area contributed by atoms with E-state index < -0.39 is 0 Å². The molecule has 0 saturated heterocycles. The van der Waals surface area contributed by atoms with Gasteiger partial charge in [-0.05, 0) is 56.2 Å². The van der Waals surface area contributed by atoms with Crippen LogP contribution in [-0.2, 0) is 25.8 Å². The molecule has 4 heterocycles. The van der Waals surface area contributed by atoms with E-state index in [0.717, 1.165) is 49.3 Å². The van der Waals surface area contributed by atoms with E-state index in [-0.39, 0.29) is 24.8 Å². The Morgan fingerprint density at radius 1 is 1.18 bits per heavy atom. The number of nitrogens with one attached hydrogen (secondary N) is 2.